The third-order valence-electron chi connectivity index (χ3n) is 4.21. The maximum Gasteiger partial charge on any atom is 0.293 e. The van der Waals surface area contributed by atoms with E-state index in [0.717, 1.165) is 6.07 Å². The van der Waals surface area contributed by atoms with Crippen molar-refractivity contribution in [1.29, 1.82) is 5.26 Å². The van der Waals surface area contributed by atoms with Crippen molar-refractivity contribution in [2.45, 2.75) is 17.9 Å². The van der Waals surface area contributed by atoms with E-state index in [0.29, 0.717) is 31.1 Å². The molecule has 0 unspecified atom stereocenters. The maximum absolute atomic E-state index is 11.4. The molecule has 0 spiro atoms. The number of hydrogen-bond donors (Lipinski definition) is 4. The molecule has 0 bridgehead atoms. The van der Waals surface area contributed by atoms with E-state index in [1.807, 2.05) is 6.92 Å². The summed E-state index contributed by atoms with van der Waals surface area (Å²) in [5.41, 5.74) is -0.180. The number of nitrogens with zero attached hydrogens (tertiary/aromatic N) is 4. The minimum Gasteiger partial charge on any atom is -0.376 e. The number of nitrogens with two attached hydrogens (primary N) is 1. The summed E-state index contributed by atoms with van der Waals surface area (Å²) in [7, 11) is -6.54. The van der Waals surface area contributed by atoms with Crippen molar-refractivity contribution in [1.82, 2.24) is 4.90 Å². The van der Waals surface area contributed by atoms with Gasteiger partial charge in [0.2, 0.25) is 16.2 Å². The van der Waals surface area contributed by atoms with Gasteiger partial charge >= 0.3 is 0 Å². The first-order chi connectivity index (χ1) is 12.5. The van der Waals surface area contributed by atoms with Crippen molar-refractivity contribution in [3.63, 3.8) is 0 Å². The van der Waals surface area contributed by atoms with Crippen LogP contribution in [0.2, 0.25) is 0 Å². The highest BCUT2D eigenvalue weighted by Gasteiger charge is 2.24. The van der Waals surface area contributed by atoms with Crippen LogP contribution in [0.5, 0.6) is 0 Å². The first-order valence-electron chi connectivity index (χ1n) is 8.05. The van der Waals surface area contributed by atoms with Gasteiger partial charge in [0.05, 0.1) is 9.82 Å². The van der Waals surface area contributed by atoms with Gasteiger partial charge in [-0.1, -0.05) is 10.1 Å². The van der Waals surface area contributed by atoms with Crippen LogP contribution in [0.4, 0.5) is 11.4 Å². The van der Waals surface area contributed by atoms with Crippen LogP contribution in [0.3, 0.4) is 0 Å². The van der Waals surface area contributed by atoms with E-state index in [1.54, 1.807) is 6.19 Å². The Morgan fingerprint density at radius 3 is 2.67 bits per heavy atom. The minimum absolute atomic E-state index is 0.179. The predicted octanol–water partition coefficient (Wildman–Crippen LogP) is 0.382. The molecule has 1 atom stereocenters. The van der Waals surface area contributed by atoms with Crippen LogP contribution < -0.4 is 10.5 Å². The largest absolute Gasteiger partial charge is 0.376 e. The van der Waals surface area contributed by atoms with Crippen LogP contribution >= 0.6 is 0 Å². The molecule has 2 rings (SSSR count). The van der Waals surface area contributed by atoms with Gasteiger partial charge in [-0.05, 0) is 19.1 Å². The van der Waals surface area contributed by atoms with Crippen LogP contribution in [0.25, 0.3) is 0 Å². The summed E-state index contributed by atoms with van der Waals surface area (Å²) in [5.74, 6) is 0.882. The molecule has 150 valence electrons. The SMILES string of the molecule is C[C@@H](CN1CC[SH](O)(=NC#N)CC1)Nc1ccc(S(N)(=O)=O)cc1[N+](=O)[O-]. The Morgan fingerprint density at radius 2 is 2.15 bits per heavy atom. The topological polar surface area (TPSA) is 175 Å². The second-order valence-electron chi connectivity index (χ2n) is 6.35. The lowest BCUT2D eigenvalue weighted by atomic mass is 10.2. The number of primary sulfonamides is 1. The quantitative estimate of drug-likeness (QED) is 0.222. The monoisotopic (exact) mass is 418 g/mol. The number of nitrogens with one attached hydrogen (secondary N) is 1. The predicted molar refractivity (Wildman–Crippen MR) is 103 cm³/mol. The van der Waals surface area contributed by atoms with Crippen LogP contribution in [-0.4, -0.2) is 60.0 Å². The Balaban J connectivity index is 2.06. The van der Waals surface area contributed by atoms with E-state index < -0.39 is 25.1 Å². The fourth-order valence-corrected chi connectivity index (χ4v) is 5.18. The van der Waals surface area contributed by atoms with Gasteiger partial charge in [0.25, 0.3) is 5.69 Å². The zero-order chi connectivity index (χ0) is 20.2. The lowest BCUT2D eigenvalue weighted by Gasteiger charge is -2.36. The van der Waals surface area contributed by atoms with Crippen molar-refractivity contribution in [2.75, 3.05) is 36.5 Å². The highest BCUT2D eigenvalue weighted by molar-refractivity contribution is 8.00. The molecule has 27 heavy (non-hydrogen) atoms. The molecule has 1 heterocycles. The zero-order valence-electron chi connectivity index (χ0n) is 14.6. The maximum atomic E-state index is 11.4. The van der Waals surface area contributed by atoms with Crippen molar-refractivity contribution < 1.29 is 17.9 Å². The summed E-state index contributed by atoms with van der Waals surface area (Å²) >= 11 is 0. The third kappa shape index (κ3) is 5.68. The number of anilines is 1. The molecule has 11 nitrogen and oxygen atoms in total. The molecule has 1 fully saturated rings. The lowest BCUT2D eigenvalue weighted by Crippen LogP contribution is -2.46. The molecule has 1 aromatic carbocycles. The number of hydrogen-bond acceptors (Lipinski definition) is 8. The van der Waals surface area contributed by atoms with Crippen molar-refractivity contribution in [3.8, 4) is 6.19 Å². The van der Waals surface area contributed by atoms with Gasteiger partial charge in [0.1, 0.15) is 5.69 Å². The summed E-state index contributed by atoms with van der Waals surface area (Å²) in [5, 5.41) is 27.9. The molecule has 0 saturated carbocycles. The number of sulfonamides is 1. The number of benzene rings is 1. The molecular formula is C14H22N6O5S2. The van der Waals surface area contributed by atoms with E-state index in [1.165, 1.54) is 12.1 Å². The summed E-state index contributed by atoms with van der Waals surface area (Å²) in [6.45, 7) is 3.55. The summed E-state index contributed by atoms with van der Waals surface area (Å²) in [6.07, 6.45) is 1.68. The van der Waals surface area contributed by atoms with Crippen LogP contribution in [0, 0.1) is 21.6 Å². The highest BCUT2D eigenvalue weighted by Crippen LogP contribution is 2.28. The number of nitro benzene ring substituents is 1. The zero-order valence-corrected chi connectivity index (χ0v) is 16.4. The molecule has 0 aliphatic carbocycles. The fourth-order valence-electron chi connectivity index (χ4n) is 2.85. The average Bonchev–Trinajstić information content (AvgIpc) is 2.56. The van der Waals surface area contributed by atoms with Crippen molar-refractivity contribution in [3.05, 3.63) is 28.3 Å². The second kappa shape index (κ2) is 8.28. The Hall–Kier alpha value is -2.11. The van der Waals surface area contributed by atoms with Gasteiger partial charge in [0.15, 0.2) is 0 Å². The average molecular weight is 419 g/mol. The third-order valence-corrected chi connectivity index (χ3v) is 7.41. The standard InChI is InChI=1S/C14H22N6O5S2/c1-11(9-19-4-6-26(23,7-5-19)17-10-15)18-13-3-2-12(27(16,24)25)8-14(13)20(21)22/h2-3,8,11,18,26H,4-7,9H2,1H3,(H,17,23)(H2,16,24,25)/t11-/m0/s1. The van der Waals surface area contributed by atoms with E-state index in [2.05, 4.69) is 14.6 Å². The van der Waals surface area contributed by atoms with Crippen molar-refractivity contribution in [2.24, 2.45) is 9.50 Å². The molecule has 0 radical (unpaired) electrons. The van der Waals surface area contributed by atoms with Crippen LogP contribution in [0.15, 0.2) is 27.5 Å². The smallest absolute Gasteiger partial charge is 0.293 e. The van der Waals surface area contributed by atoms with Gasteiger partial charge in [-0.3, -0.25) is 15.0 Å². The Kier molecular flexibility index (Phi) is 6.50. The summed E-state index contributed by atoms with van der Waals surface area (Å²) in [4.78, 5) is 12.3. The molecule has 1 aromatic rings. The Bertz CT molecular complexity index is 914. The molecule has 0 aromatic heterocycles. The molecule has 13 heteroatoms. The normalized spacial score (nSPS) is 19.5. The van der Waals surface area contributed by atoms with Gasteiger partial charge in [-0.15, -0.1) is 4.36 Å². The van der Waals surface area contributed by atoms with E-state index in [4.69, 9.17) is 10.4 Å². The van der Waals surface area contributed by atoms with Gasteiger partial charge < -0.3 is 9.87 Å². The van der Waals surface area contributed by atoms with Crippen LogP contribution in [-0.2, 0) is 20.1 Å². The Morgan fingerprint density at radius 1 is 1.52 bits per heavy atom. The molecule has 1 saturated heterocycles. The lowest BCUT2D eigenvalue weighted by molar-refractivity contribution is -0.384. The van der Waals surface area contributed by atoms with Crippen molar-refractivity contribution >= 4 is 31.5 Å². The first kappa shape index (κ1) is 21.2. The summed E-state index contributed by atoms with van der Waals surface area (Å²) in [6, 6.07) is 3.29. The molecule has 1 aliphatic heterocycles. The Labute approximate surface area is 158 Å². The van der Waals surface area contributed by atoms with Crippen LogP contribution in [0.1, 0.15) is 6.92 Å². The molecule has 0 amide bonds. The fraction of sp³-hybridized carbons (Fsp3) is 0.500. The molecule has 1 aliphatic rings. The van der Waals surface area contributed by atoms with E-state index in [-0.39, 0.29) is 22.3 Å². The minimum atomic E-state index is -4.04. The summed E-state index contributed by atoms with van der Waals surface area (Å²) < 4.78 is 36.6. The molecular weight excluding hydrogens is 396 g/mol. The van der Waals surface area contributed by atoms with E-state index >= 15 is 0 Å². The van der Waals surface area contributed by atoms with Gasteiger partial charge in [-0.2, -0.15) is 5.26 Å². The van der Waals surface area contributed by atoms with Gasteiger partial charge in [0, 0.05) is 43.2 Å². The molecule has 4 N–H and O–H groups in total. The highest BCUT2D eigenvalue weighted by atomic mass is 32.3. The second-order valence-corrected chi connectivity index (χ2v) is 10.8. The number of nitriles is 1. The number of nitro groups is 1. The van der Waals surface area contributed by atoms with E-state index in [9.17, 15) is 23.1 Å². The number of rotatable bonds is 6. The number of thiol groups is 1. The van der Waals surface area contributed by atoms with Gasteiger partial charge in [-0.25, -0.2) is 13.6 Å². The first-order valence-corrected chi connectivity index (χ1v) is 11.7.